The molecule has 0 saturated heterocycles. The zero-order chi connectivity index (χ0) is 17.4. The topological polar surface area (TPSA) is 35.5 Å². The number of aryl methyl sites for hydroxylation is 1. The quantitative estimate of drug-likeness (QED) is 0.616. The Kier molecular flexibility index (Phi) is 6.22. The summed E-state index contributed by atoms with van der Waals surface area (Å²) in [5, 5.41) is 0. The summed E-state index contributed by atoms with van der Waals surface area (Å²) >= 11 is 0. The van der Waals surface area contributed by atoms with Crippen molar-refractivity contribution in [3.8, 4) is 23.3 Å². The maximum absolute atomic E-state index is 11.1. The van der Waals surface area contributed by atoms with Crippen LogP contribution in [0.5, 0.6) is 11.5 Å². The van der Waals surface area contributed by atoms with E-state index in [1.54, 1.807) is 13.2 Å². The van der Waals surface area contributed by atoms with Crippen molar-refractivity contribution in [1.29, 1.82) is 0 Å². The molecule has 0 aromatic heterocycles. The molecule has 0 radical (unpaired) electrons. The van der Waals surface area contributed by atoms with Gasteiger partial charge in [0, 0.05) is 11.1 Å². The van der Waals surface area contributed by atoms with E-state index < -0.39 is 0 Å². The zero-order valence-corrected chi connectivity index (χ0v) is 14.1. The van der Waals surface area contributed by atoms with Gasteiger partial charge in [-0.1, -0.05) is 23.5 Å². The summed E-state index contributed by atoms with van der Waals surface area (Å²) in [4.78, 5) is 11.1. The van der Waals surface area contributed by atoms with Gasteiger partial charge < -0.3 is 9.47 Å². The maximum Gasteiger partial charge on any atom is 0.152 e. The van der Waals surface area contributed by atoms with Gasteiger partial charge in [-0.25, -0.2) is 0 Å². The van der Waals surface area contributed by atoms with Crippen LogP contribution in [0.4, 0.5) is 0 Å². The van der Waals surface area contributed by atoms with Crippen molar-refractivity contribution in [2.45, 2.75) is 13.8 Å². The van der Waals surface area contributed by atoms with Crippen molar-refractivity contribution in [3.63, 3.8) is 0 Å². The van der Waals surface area contributed by atoms with Crippen LogP contribution in [-0.2, 0) is 4.79 Å². The van der Waals surface area contributed by atoms with Crippen LogP contribution in [-0.4, -0.2) is 19.5 Å². The van der Waals surface area contributed by atoms with E-state index in [2.05, 4.69) is 11.8 Å². The molecule has 0 amide bonds. The Morgan fingerprint density at radius 2 is 1.92 bits per heavy atom. The highest BCUT2D eigenvalue weighted by Crippen LogP contribution is 2.21. The van der Waals surface area contributed by atoms with E-state index in [0.717, 1.165) is 22.4 Å². The van der Waals surface area contributed by atoms with Crippen LogP contribution < -0.4 is 9.47 Å². The lowest BCUT2D eigenvalue weighted by Crippen LogP contribution is -1.96. The molecule has 0 aliphatic rings. The Bertz CT molecular complexity index is 790. The van der Waals surface area contributed by atoms with Crippen LogP contribution in [0.25, 0.3) is 6.08 Å². The largest absolute Gasteiger partial charge is 0.497 e. The number of ketones is 1. The van der Waals surface area contributed by atoms with Gasteiger partial charge in [0.25, 0.3) is 0 Å². The Balaban J connectivity index is 2.04. The second-order valence-electron chi connectivity index (χ2n) is 5.30. The van der Waals surface area contributed by atoms with Gasteiger partial charge in [0.2, 0.25) is 0 Å². The highest BCUT2D eigenvalue weighted by molar-refractivity contribution is 5.91. The van der Waals surface area contributed by atoms with Crippen LogP contribution in [0.3, 0.4) is 0 Å². The highest BCUT2D eigenvalue weighted by Gasteiger charge is 2.01. The van der Waals surface area contributed by atoms with E-state index in [1.165, 1.54) is 13.0 Å². The molecule has 0 atom stereocenters. The maximum atomic E-state index is 11.1. The third kappa shape index (κ3) is 5.33. The highest BCUT2D eigenvalue weighted by atomic mass is 16.5. The Hall–Kier alpha value is -2.99. The monoisotopic (exact) mass is 320 g/mol. The van der Waals surface area contributed by atoms with Gasteiger partial charge in [-0.2, -0.15) is 0 Å². The van der Waals surface area contributed by atoms with E-state index in [0.29, 0.717) is 5.75 Å². The number of ether oxygens (including phenoxy) is 2. The second kappa shape index (κ2) is 8.59. The SMILES string of the molecule is COc1ccc(C#CCOc2ccc(C)cc2/C=C/C(C)=O)cc1. The van der Waals surface area contributed by atoms with Crippen molar-refractivity contribution >= 4 is 11.9 Å². The van der Waals surface area contributed by atoms with Gasteiger partial charge in [0.15, 0.2) is 5.78 Å². The molecule has 3 heteroatoms. The fraction of sp³-hybridized carbons (Fsp3) is 0.190. The molecule has 0 heterocycles. The van der Waals surface area contributed by atoms with Crippen LogP contribution in [0.15, 0.2) is 48.5 Å². The molecule has 24 heavy (non-hydrogen) atoms. The fourth-order valence-electron chi connectivity index (χ4n) is 2.06. The molecule has 0 unspecified atom stereocenters. The molecule has 0 aliphatic heterocycles. The minimum absolute atomic E-state index is 0.00162. The van der Waals surface area contributed by atoms with Gasteiger partial charge >= 0.3 is 0 Å². The average Bonchev–Trinajstić information content (AvgIpc) is 2.58. The van der Waals surface area contributed by atoms with Crippen molar-refractivity contribution in [1.82, 2.24) is 0 Å². The van der Waals surface area contributed by atoms with Gasteiger partial charge in [0.05, 0.1) is 7.11 Å². The van der Waals surface area contributed by atoms with E-state index in [1.807, 2.05) is 49.4 Å². The molecule has 0 spiro atoms. The minimum atomic E-state index is 0.00162. The first-order chi connectivity index (χ1) is 11.6. The number of hydrogen-bond donors (Lipinski definition) is 0. The lowest BCUT2D eigenvalue weighted by molar-refractivity contribution is -0.112. The van der Waals surface area contributed by atoms with E-state index in [-0.39, 0.29) is 12.4 Å². The lowest BCUT2D eigenvalue weighted by atomic mass is 10.1. The number of methoxy groups -OCH3 is 1. The number of carbonyl (C=O) groups is 1. The molecule has 0 bridgehead atoms. The fourth-order valence-corrected chi connectivity index (χ4v) is 2.06. The van der Waals surface area contributed by atoms with Crippen LogP contribution in [0.1, 0.15) is 23.6 Å². The smallest absolute Gasteiger partial charge is 0.152 e. The van der Waals surface area contributed by atoms with Gasteiger partial charge in [-0.05, 0) is 62.4 Å². The molecule has 2 rings (SSSR count). The number of carbonyl (C=O) groups excluding carboxylic acids is 1. The van der Waals surface area contributed by atoms with Crippen LogP contribution in [0, 0.1) is 18.8 Å². The normalized spacial score (nSPS) is 10.1. The first-order valence-electron chi connectivity index (χ1n) is 7.63. The number of benzene rings is 2. The molecule has 122 valence electrons. The molecule has 0 N–H and O–H groups in total. The average molecular weight is 320 g/mol. The van der Waals surface area contributed by atoms with Crippen LogP contribution in [0.2, 0.25) is 0 Å². The second-order valence-corrected chi connectivity index (χ2v) is 5.30. The summed E-state index contributed by atoms with van der Waals surface area (Å²) in [6.07, 6.45) is 3.30. The van der Waals surface area contributed by atoms with Crippen molar-refractivity contribution in [2.24, 2.45) is 0 Å². The van der Waals surface area contributed by atoms with Crippen molar-refractivity contribution in [3.05, 3.63) is 65.2 Å². The molecular weight excluding hydrogens is 300 g/mol. The number of hydrogen-bond acceptors (Lipinski definition) is 3. The molecule has 0 fully saturated rings. The zero-order valence-electron chi connectivity index (χ0n) is 14.1. The van der Waals surface area contributed by atoms with E-state index in [9.17, 15) is 4.79 Å². The summed E-state index contributed by atoms with van der Waals surface area (Å²) in [5.41, 5.74) is 2.88. The predicted octanol–water partition coefficient (Wildman–Crippen LogP) is 4.04. The Morgan fingerprint density at radius 3 is 2.58 bits per heavy atom. The van der Waals surface area contributed by atoms with Gasteiger partial charge in [0.1, 0.15) is 18.1 Å². The molecule has 0 aliphatic carbocycles. The first kappa shape index (κ1) is 17.4. The van der Waals surface area contributed by atoms with Crippen LogP contribution >= 0.6 is 0 Å². The third-order valence-electron chi connectivity index (χ3n) is 3.29. The molecule has 2 aromatic carbocycles. The minimum Gasteiger partial charge on any atom is -0.497 e. The first-order valence-corrected chi connectivity index (χ1v) is 7.63. The van der Waals surface area contributed by atoms with Gasteiger partial charge in [-0.15, -0.1) is 0 Å². The number of allylic oxidation sites excluding steroid dienone is 1. The van der Waals surface area contributed by atoms with Crippen molar-refractivity contribution < 1.29 is 14.3 Å². The lowest BCUT2D eigenvalue weighted by Gasteiger charge is -2.07. The standard InChI is InChI=1S/C21H20O3/c1-16-6-13-21(19(15-16)10-7-17(2)22)24-14-4-5-18-8-11-20(23-3)12-9-18/h6-13,15H,14H2,1-3H3/b10-7+. The summed E-state index contributed by atoms with van der Waals surface area (Å²) in [6.45, 7) is 3.79. The Morgan fingerprint density at radius 1 is 1.17 bits per heavy atom. The molecule has 2 aromatic rings. The Labute approximate surface area is 142 Å². The van der Waals surface area contributed by atoms with E-state index >= 15 is 0 Å². The summed E-state index contributed by atoms with van der Waals surface area (Å²) in [5.74, 6) is 7.55. The predicted molar refractivity (Wildman–Crippen MR) is 96.3 cm³/mol. The summed E-state index contributed by atoms with van der Waals surface area (Å²) in [6, 6.07) is 13.4. The number of rotatable bonds is 5. The molecular formula is C21H20O3. The summed E-state index contributed by atoms with van der Waals surface area (Å²) in [7, 11) is 1.63. The van der Waals surface area contributed by atoms with Crippen molar-refractivity contribution in [2.75, 3.05) is 13.7 Å². The molecule has 3 nitrogen and oxygen atoms in total. The summed E-state index contributed by atoms with van der Waals surface area (Å²) < 4.78 is 10.8. The van der Waals surface area contributed by atoms with Gasteiger partial charge in [-0.3, -0.25) is 4.79 Å². The molecule has 0 saturated carbocycles. The van der Waals surface area contributed by atoms with E-state index in [4.69, 9.17) is 9.47 Å². The third-order valence-corrected chi connectivity index (χ3v) is 3.29.